The molecule has 26 heavy (non-hydrogen) atoms. The van der Waals surface area contributed by atoms with Gasteiger partial charge < -0.3 is 9.42 Å². The van der Waals surface area contributed by atoms with E-state index in [1.165, 1.54) is 11.1 Å². The van der Waals surface area contributed by atoms with Crippen LogP contribution in [-0.4, -0.2) is 22.6 Å². The first-order valence-corrected chi connectivity index (χ1v) is 8.87. The van der Waals surface area contributed by atoms with Crippen LogP contribution in [0.3, 0.4) is 0 Å². The lowest BCUT2D eigenvalue weighted by atomic mass is 10.1. The molecule has 2 heterocycles. The van der Waals surface area contributed by atoms with Crippen LogP contribution in [0.25, 0.3) is 11.4 Å². The van der Waals surface area contributed by atoms with Crippen molar-refractivity contribution in [1.29, 1.82) is 0 Å². The predicted octanol–water partition coefficient (Wildman–Crippen LogP) is 4.53. The van der Waals surface area contributed by atoms with Gasteiger partial charge in [0.25, 0.3) is 0 Å². The Kier molecular flexibility index (Phi) is 4.24. The maximum Gasteiger partial charge on any atom is 0.232 e. The van der Waals surface area contributed by atoms with Crippen molar-refractivity contribution in [3.05, 3.63) is 64.5 Å². The van der Waals surface area contributed by atoms with E-state index in [1.54, 1.807) is 11.0 Å². The van der Waals surface area contributed by atoms with Gasteiger partial charge in [-0.1, -0.05) is 41.0 Å². The Bertz CT molecular complexity index is 983. The average molecular weight is 368 g/mol. The first kappa shape index (κ1) is 16.8. The Labute approximate surface area is 156 Å². The van der Waals surface area contributed by atoms with Gasteiger partial charge in [0, 0.05) is 18.5 Å². The van der Waals surface area contributed by atoms with Crippen LogP contribution in [0.5, 0.6) is 0 Å². The van der Waals surface area contributed by atoms with Gasteiger partial charge in [-0.2, -0.15) is 4.98 Å². The minimum Gasteiger partial charge on any atom is -0.339 e. The van der Waals surface area contributed by atoms with Crippen molar-refractivity contribution in [1.82, 2.24) is 10.1 Å². The van der Waals surface area contributed by atoms with E-state index in [4.69, 9.17) is 16.1 Å². The van der Waals surface area contributed by atoms with Crippen LogP contribution in [-0.2, 0) is 4.79 Å². The van der Waals surface area contributed by atoms with Gasteiger partial charge >= 0.3 is 0 Å². The van der Waals surface area contributed by atoms with E-state index in [9.17, 15) is 4.79 Å². The van der Waals surface area contributed by atoms with E-state index < -0.39 is 0 Å². The number of aromatic nitrogens is 2. The lowest BCUT2D eigenvalue weighted by Gasteiger charge is -2.17. The number of rotatable bonds is 3. The highest BCUT2D eigenvalue weighted by molar-refractivity contribution is 6.33. The average Bonchev–Trinajstić information content (AvgIpc) is 3.25. The number of hydrogen-bond donors (Lipinski definition) is 0. The largest absolute Gasteiger partial charge is 0.339 e. The van der Waals surface area contributed by atoms with Crippen molar-refractivity contribution < 1.29 is 9.32 Å². The Morgan fingerprint density at radius 3 is 2.73 bits per heavy atom. The van der Waals surface area contributed by atoms with Gasteiger partial charge in [-0.3, -0.25) is 4.79 Å². The summed E-state index contributed by atoms with van der Waals surface area (Å²) >= 11 is 6.23. The van der Waals surface area contributed by atoms with Gasteiger partial charge in [-0.15, -0.1) is 0 Å². The molecule has 5 nitrogen and oxygen atoms in total. The molecule has 1 atom stereocenters. The molecule has 1 aromatic heterocycles. The van der Waals surface area contributed by atoms with E-state index in [-0.39, 0.29) is 11.8 Å². The number of amides is 1. The number of aryl methyl sites for hydroxylation is 2. The topological polar surface area (TPSA) is 59.2 Å². The Hall–Kier alpha value is -2.66. The summed E-state index contributed by atoms with van der Waals surface area (Å²) in [6.45, 7) is 4.60. The summed E-state index contributed by atoms with van der Waals surface area (Å²) in [7, 11) is 0. The third-order valence-corrected chi connectivity index (χ3v) is 5.14. The number of para-hydroxylation sites is 1. The second-order valence-corrected chi connectivity index (χ2v) is 7.02. The highest BCUT2D eigenvalue weighted by atomic mass is 35.5. The Morgan fingerprint density at radius 1 is 1.15 bits per heavy atom. The summed E-state index contributed by atoms with van der Waals surface area (Å²) in [5, 5.41) is 4.66. The van der Waals surface area contributed by atoms with E-state index in [2.05, 4.69) is 24.0 Å². The molecule has 1 saturated heterocycles. The summed E-state index contributed by atoms with van der Waals surface area (Å²) in [4.78, 5) is 18.7. The second-order valence-electron chi connectivity index (χ2n) is 6.61. The molecular weight excluding hydrogens is 350 g/mol. The van der Waals surface area contributed by atoms with Crippen LogP contribution < -0.4 is 4.90 Å². The fourth-order valence-electron chi connectivity index (χ4n) is 3.18. The van der Waals surface area contributed by atoms with Crippen molar-refractivity contribution in [2.75, 3.05) is 11.4 Å². The third-order valence-electron chi connectivity index (χ3n) is 4.82. The van der Waals surface area contributed by atoms with Crippen LogP contribution >= 0.6 is 11.6 Å². The van der Waals surface area contributed by atoms with Crippen molar-refractivity contribution in [2.24, 2.45) is 0 Å². The van der Waals surface area contributed by atoms with E-state index in [0.29, 0.717) is 29.7 Å². The number of carbonyl (C=O) groups is 1. The first-order chi connectivity index (χ1) is 12.5. The molecule has 0 bridgehead atoms. The standard InChI is InChI=1S/C20H18ClN3O2/c1-12-7-8-14(9-13(12)2)19-22-20(26-23-19)15-10-18(25)24(11-15)17-6-4-3-5-16(17)21/h3-9,15H,10-11H2,1-2H3. The Balaban J connectivity index is 1.58. The lowest BCUT2D eigenvalue weighted by Crippen LogP contribution is -2.24. The fourth-order valence-corrected chi connectivity index (χ4v) is 3.41. The Morgan fingerprint density at radius 2 is 1.96 bits per heavy atom. The molecule has 1 unspecified atom stereocenters. The summed E-state index contributed by atoms with van der Waals surface area (Å²) in [5.41, 5.74) is 4.02. The summed E-state index contributed by atoms with van der Waals surface area (Å²) in [6.07, 6.45) is 0.333. The van der Waals surface area contributed by atoms with Gasteiger partial charge in [-0.25, -0.2) is 0 Å². The monoisotopic (exact) mass is 367 g/mol. The van der Waals surface area contributed by atoms with Crippen molar-refractivity contribution >= 4 is 23.2 Å². The fraction of sp³-hybridized carbons (Fsp3) is 0.250. The lowest BCUT2D eigenvalue weighted by molar-refractivity contribution is -0.117. The minimum absolute atomic E-state index is 0.00836. The SMILES string of the molecule is Cc1ccc(-c2noc(C3CC(=O)N(c4ccccc4Cl)C3)n2)cc1C. The molecule has 3 aromatic rings. The minimum atomic E-state index is -0.133. The van der Waals surface area contributed by atoms with Gasteiger partial charge in [0.05, 0.1) is 16.6 Å². The zero-order valence-corrected chi connectivity index (χ0v) is 15.3. The molecule has 0 spiro atoms. The van der Waals surface area contributed by atoms with Crippen molar-refractivity contribution in [2.45, 2.75) is 26.2 Å². The summed E-state index contributed by atoms with van der Waals surface area (Å²) in [6, 6.07) is 13.4. The van der Waals surface area contributed by atoms with E-state index >= 15 is 0 Å². The van der Waals surface area contributed by atoms with Gasteiger partial charge in [-0.05, 0) is 43.2 Å². The quantitative estimate of drug-likeness (QED) is 0.682. The molecule has 1 amide bonds. The maximum absolute atomic E-state index is 12.4. The van der Waals surface area contributed by atoms with Crippen LogP contribution in [0.15, 0.2) is 47.0 Å². The van der Waals surface area contributed by atoms with E-state index in [0.717, 1.165) is 11.3 Å². The third kappa shape index (κ3) is 2.99. The van der Waals surface area contributed by atoms with Crippen LogP contribution in [0.2, 0.25) is 5.02 Å². The molecule has 1 aliphatic rings. The number of carbonyl (C=O) groups excluding carboxylic acids is 1. The van der Waals surface area contributed by atoms with Crippen LogP contribution in [0, 0.1) is 13.8 Å². The second kappa shape index (κ2) is 6.57. The molecule has 0 saturated carbocycles. The van der Waals surface area contributed by atoms with Crippen LogP contribution in [0.4, 0.5) is 5.69 Å². The number of halogens is 1. The van der Waals surface area contributed by atoms with Gasteiger partial charge in [0.1, 0.15) is 0 Å². The molecule has 0 N–H and O–H groups in total. The number of nitrogens with zero attached hydrogens (tertiary/aromatic N) is 3. The highest BCUT2D eigenvalue weighted by Gasteiger charge is 2.35. The molecule has 0 radical (unpaired) electrons. The van der Waals surface area contributed by atoms with Gasteiger partial charge in [0.15, 0.2) is 0 Å². The maximum atomic E-state index is 12.4. The molecule has 4 rings (SSSR count). The van der Waals surface area contributed by atoms with Crippen molar-refractivity contribution in [3.8, 4) is 11.4 Å². The predicted molar refractivity (Wildman–Crippen MR) is 100 cm³/mol. The number of hydrogen-bond acceptors (Lipinski definition) is 4. The highest BCUT2D eigenvalue weighted by Crippen LogP contribution is 2.35. The molecule has 2 aromatic carbocycles. The summed E-state index contributed by atoms with van der Waals surface area (Å²) in [5.74, 6) is 0.911. The van der Waals surface area contributed by atoms with E-state index in [1.807, 2.05) is 36.4 Å². The molecule has 132 valence electrons. The van der Waals surface area contributed by atoms with Crippen molar-refractivity contribution in [3.63, 3.8) is 0 Å². The zero-order valence-electron chi connectivity index (χ0n) is 14.6. The molecule has 1 fully saturated rings. The summed E-state index contributed by atoms with van der Waals surface area (Å²) < 4.78 is 5.46. The zero-order chi connectivity index (χ0) is 18.3. The molecular formula is C20H18ClN3O2. The van der Waals surface area contributed by atoms with Gasteiger partial charge in [0.2, 0.25) is 17.6 Å². The molecule has 1 aliphatic heterocycles. The smallest absolute Gasteiger partial charge is 0.232 e. The number of benzene rings is 2. The first-order valence-electron chi connectivity index (χ1n) is 8.49. The van der Waals surface area contributed by atoms with Crippen LogP contribution in [0.1, 0.15) is 29.4 Å². The molecule has 6 heteroatoms. The normalized spacial score (nSPS) is 17.1. The number of anilines is 1. The molecule has 0 aliphatic carbocycles.